The monoisotopic (exact) mass is 444 g/mol. The molecule has 0 bridgehead atoms. The van der Waals surface area contributed by atoms with Crippen molar-refractivity contribution >= 4 is 38.4 Å². The van der Waals surface area contributed by atoms with Gasteiger partial charge in [-0.2, -0.15) is 0 Å². The second-order valence-corrected chi connectivity index (χ2v) is 9.94. The predicted molar refractivity (Wildman–Crippen MR) is 144 cm³/mol. The summed E-state index contributed by atoms with van der Waals surface area (Å²) >= 11 is 0. The number of fused-ring (bicyclic) bond motifs is 16. The summed E-state index contributed by atoms with van der Waals surface area (Å²) in [6, 6.07) is 35.6. The predicted octanol–water partition coefficient (Wildman–Crippen LogP) is 7.94. The molecule has 0 saturated carbocycles. The van der Waals surface area contributed by atoms with Gasteiger partial charge < -0.3 is 0 Å². The number of imidazole rings is 1. The number of benzene rings is 5. The molecule has 0 radical (unpaired) electrons. The molecule has 162 valence electrons. The Morgan fingerprint density at radius 2 is 1.29 bits per heavy atom. The van der Waals surface area contributed by atoms with Crippen LogP contribution in [-0.2, 0) is 12.8 Å². The normalized spacial score (nSPS) is 13.5. The van der Waals surface area contributed by atoms with Crippen LogP contribution in [0.15, 0.2) is 97.1 Å². The second kappa shape index (κ2) is 6.17. The van der Waals surface area contributed by atoms with Gasteiger partial charge in [0.1, 0.15) is 5.65 Å². The van der Waals surface area contributed by atoms with E-state index in [1.54, 1.807) is 0 Å². The van der Waals surface area contributed by atoms with Gasteiger partial charge >= 0.3 is 0 Å². The molecule has 0 amide bonds. The van der Waals surface area contributed by atoms with Crippen molar-refractivity contribution in [2.45, 2.75) is 12.8 Å². The van der Waals surface area contributed by atoms with Crippen LogP contribution in [0.4, 0.5) is 0 Å². The Hall–Kier alpha value is -4.43. The van der Waals surface area contributed by atoms with E-state index in [1.807, 2.05) is 0 Å². The fraction of sp³-hybridized carbons (Fsp3) is 0.0606. The highest BCUT2D eigenvalue weighted by atomic mass is 15.0. The van der Waals surface area contributed by atoms with Gasteiger partial charge in [0, 0.05) is 16.3 Å². The van der Waals surface area contributed by atoms with E-state index in [4.69, 9.17) is 4.98 Å². The molecular formula is C33H20N2. The van der Waals surface area contributed by atoms with Crippen LogP contribution >= 0.6 is 0 Å². The lowest BCUT2D eigenvalue weighted by atomic mass is 9.95. The first-order valence-electron chi connectivity index (χ1n) is 12.3. The zero-order valence-corrected chi connectivity index (χ0v) is 19.0. The van der Waals surface area contributed by atoms with Crippen LogP contribution in [0.5, 0.6) is 0 Å². The third kappa shape index (κ3) is 2.14. The van der Waals surface area contributed by atoms with Gasteiger partial charge in [0.05, 0.1) is 16.6 Å². The molecule has 0 saturated heterocycles. The SMILES string of the molecule is c1ccc2c(c1)Cc1ccc3c(c1-2)Cc1ccc2nc4c5ccccc5c5ccccc5n4c2c1-3. The highest BCUT2D eigenvalue weighted by Crippen LogP contribution is 2.50. The van der Waals surface area contributed by atoms with Crippen LogP contribution < -0.4 is 0 Å². The number of hydrogen-bond acceptors (Lipinski definition) is 1. The van der Waals surface area contributed by atoms with Crippen LogP contribution in [0.25, 0.3) is 60.6 Å². The molecule has 0 aliphatic heterocycles. The highest BCUT2D eigenvalue weighted by molar-refractivity contribution is 6.15. The van der Waals surface area contributed by atoms with E-state index in [0.29, 0.717) is 0 Å². The second-order valence-electron chi connectivity index (χ2n) is 9.94. The van der Waals surface area contributed by atoms with E-state index >= 15 is 0 Å². The Morgan fingerprint density at radius 1 is 0.543 bits per heavy atom. The number of rotatable bonds is 0. The number of para-hydroxylation sites is 1. The van der Waals surface area contributed by atoms with Crippen molar-refractivity contribution in [2.75, 3.05) is 0 Å². The standard InChI is InChI=1S/C33H20N2/c1-2-8-22-19(7-1)17-20-13-15-25-27(30(20)22)18-21-14-16-28-32(31(21)25)35-29-12-6-5-10-24(29)23-9-3-4-11-26(23)33(35)34-28/h1-16H,17-18H2. The number of hydrogen-bond donors (Lipinski definition) is 0. The van der Waals surface area contributed by atoms with Gasteiger partial charge in [-0.3, -0.25) is 4.40 Å². The average Bonchev–Trinajstić information content (AvgIpc) is 3.59. The molecule has 2 heteroatoms. The minimum absolute atomic E-state index is 0.983. The molecule has 2 aliphatic carbocycles. The minimum Gasteiger partial charge on any atom is -0.291 e. The van der Waals surface area contributed by atoms with E-state index in [2.05, 4.69) is 101 Å². The minimum atomic E-state index is 0.983. The number of aromatic nitrogens is 2. The molecule has 0 N–H and O–H groups in total. The lowest BCUT2D eigenvalue weighted by Gasteiger charge is -2.11. The van der Waals surface area contributed by atoms with Crippen molar-refractivity contribution < 1.29 is 0 Å². The van der Waals surface area contributed by atoms with Gasteiger partial charge in [-0.25, -0.2) is 4.98 Å². The molecule has 2 nitrogen and oxygen atoms in total. The van der Waals surface area contributed by atoms with Gasteiger partial charge in [0.15, 0.2) is 0 Å². The van der Waals surface area contributed by atoms with Gasteiger partial charge in [-0.1, -0.05) is 84.9 Å². The van der Waals surface area contributed by atoms with E-state index in [1.165, 1.54) is 71.7 Å². The Balaban J connectivity index is 1.47. The molecule has 2 aliphatic rings. The van der Waals surface area contributed by atoms with Crippen LogP contribution in [0.2, 0.25) is 0 Å². The van der Waals surface area contributed by atoms with E-state index in [9.17, 15) is 0 Å². The van der Waals surface area contributed by atoms with Crippen molar-refractivity contribution in [2.24, 2.45) is 0 Å². The molecule has 0 fully saturated rings. The van der Waals surface area contributed by atoms with Crippen molar-refractivity contribution in [3.8, 4) is 22.3 Å². The molecule has 9 rings (SSSR count). The van der Waals surface area contributed by atoms with Crippen molar-refractivity contribution in [3.05, 3.63) is 119 Å². The average molecular weight is 445 g/mol. The lowest BCUT2D eigenvalue weighted by Crippen LogP contribution is -1.93. The summed E-state index contributed by atoms with van der Waals surface area (Å²) < 4.78 is 2.42. The third-order valence-corrected chi connectivity index (χ3v) is 8.21. The van der Waals surface area contributed by atoms with E-state index < -0.39 is 0 Å². The van der Waals surface area contributed by atoms with Gasteiger partial charge in [0.2, 0.25) is 0 Å². The first kappa shape index (κ1) is 18.0. The van der Waals surface area contributed by atoms with Crippen molar-refractivity contribution in [1.82, 2.24) is 9.38 Å². The summed E-state index contributed by atoms with van der Waals surface area (Å²) in [7, 11) is 0. The summed E-state index contributed by atoms with van der Waals surface area (Å²) in [4.78, 5) is 5.22. The molecule has 0 unspecified atom stereocenters. The maximum absolute atomic E-state index is 5.22. The van der Waals surface area contributed by atoms with Gasteiger partial charge in [-0.15, -0.1) is 0 Å². The fourth-order valence-electron chi connectivity index (χ4n) is 6.79. The summed E-state index contributed by atoms with van der Waals surface area (Å²) in [5, 5.41) is 3.74. The molecule has 5 aromatic carbocycles. The lowest BCUT2D eigenvalue weighted by molar-refractivity contribution is 1.23. The quantitative estimate of drug-likeness (QED) is 0.217. The third-order valence-electron chi connectivity index (χ3n) is 8.21. The smallest absolute Gasteiger partial charge is 0.146 e. The van der Waals surface area contributed by atoms with Gasteiger partial charge in [-0.05, 0) is 69.3 Å². The zero-order chi connectivity index (χ0) is 22.7. The molecule has 2 heterocycles. The van der Waals surface area contributed by atoms with Crippen LogP contribution in [-0.4, -0.2) is 9.38 Å². The summed E-state index contributed by atoms with van der Waals surface area (Å²) in [5.74, 6) is 0. The number of pyridine rings is 1. The van der Waals surface area contributed by atoms with E-state index in [0.717, 1.165) is 24.0 Å². The molecule has 0 spiro atoms. The molecule has 0 atom stereocenters. The Kier molecular flexibility index (Phi) is 3.16. The van der Waals surface area contributed by atoms with Crippen LogP contribution in [0, 0.1) is 0 Å². The Labute approximate surface area is 202 Å². The fourth-order valence-corrected chi connectivity index (χ4v) is 6.79. The molecule has 35 heavy (non-hydrogen) atoms. The Morgan fingerprint density at radius 3 is 2.23 bits per heavy atom. The van der Waals surface area contributed by atoms with E-state index in [-0.39, 0.29) is 0 Å². The topological polar surface area (TPSA) is 17.3 Å². The summed E-state index contributed by atoms with van der Waals surface area (Å²) in [6.45, 7) is 0. The largest absolute Gasteiger partial charge is 0.291 e. The molecular weight excluding hydrogens is 424 g/mol. The first-order valence-corrected chi connectivity index (χ1v) is 12.3. The Bertz CT molecular complexity index is 2060. The summed E-state index contributed by atoms with van der Waals surface area (Å²) in [6.07, 6.45) is 2.02. The van der Waals surface area contributed by atoms with Crippen molar-refractivity contribution in [3.63, 3.8) is 0 Å². The maximum atomic E-state index is 5.22. The summed E-state index contributed by atoms with van der Waals surface area (Å²) in [5.41, 5.74) is 16.0. The van der Waals surface area contributed by atoms with Crippen molar-refractivity contribution in [1.29, 1.82) is 0 Å². The number of nitrogens with zero attached hydrogens (tertiary/aromatic N) is 2. The molecule has 2 aromatic heterocycles. The highest BCUT2D eigenvalue weighted by Gasteiger charge is 2.30. The first-order chi connectivity index (χ1) is 17.4. The molecule has 7 aromatic rings. The van der Waals surface area contributed by atoms with Crippen LogP contribution in [0.1, 0.15) is 22.3 Å². The van der Waals surface area contributed by atoms with Gasteiger partial charge in [0.25, 0.3) is 0 Å². The van der Waals surface area contributed by atoms with Crippen LogP contribution in [0.3, 0.4) is 0 Å². The maximum Gasteiger partial charge on any atom is 0.146 e. The zero-order valence-electron chi connectivity index (χ0n) is 19.0.